The maximum Gasteiger partial charge on any atom is 0.424 e. The van der Waals surface area contributed by atoms with Crippen LogP contribution in [0.25, 0.3) is 11.3 Å². The Hall–Kier alpha value is -3.58. The molecule has 0 radical (unpaired) electrons. The van der Waals surface area contributed by atoms with Crippen molar-refractivity contribution < 1.29 is 37.0 Å². The number of amides is 2. The lowest BCUT2D eigenvalue weighted by atomic mass is 9.81. The van der Waals surface area contributed by atoms with Gasteiger partial charge in [-0.25, -0.2) is 14.4 Å². The Balaban J connectivity index is 1.57. The minimum absolute atomic E-state index is 0.00696. The molecule has 1 aliphatic carbocycles. The molecule has 0 bridgehead atoms. The van der Waals surface area contributed by atoms with Gasteiger partial charge in [0.15, 0.2) is 0 Å². The molecule has 2 aromatic heterocycles. The molecule has 200 valence electrons. The molecule has 4 N–H and O–H groups in total. The number of pyridine rings is 1. The largest absolute Gasteiger partial charge is 0.489 e. The predicted molar refractivity (Wildman–Crippen MR) is 128 cm³/mol. The summed E-state index contributed by atoms with van der Waals surface area (Å²) >= 11 is 1.09. The highest BCUT2D eigenvalue weighted by Gasteiger charge is 2.57. The number of thiazole rings is 1. The lowest BCUT2D eigenvalue weighted by Crippen LogP contribution is -2.51. The first kappa shape index (κ1) is 26.0. The van der Waals surface area contributed by atoms with E-state index in [2.05, 4.69) is 15.3 Å². The molecule has 0 saturated heterocycles. The van der Waals surface area contributed by atoms with E-state index in [9.17, 15) is 32.3 Å². The number of fused-ring (bicyclic) bond motifs is 1. The van der Waals surface area contributed by atoms with E-state index in [1.807, 2.05) is 0 Å². The van der Waals surface area contributed by atoms with E-state index in [1.165, 1.54) is 25.3 Å². The Kier molecular flexibility index (Phi) is 6.18. The molecule has 2 amide bonds. The second-order valence-electron chi connectivity index (χ2n) is 9.60. The SMILES string of the molecule is C[C@]1(C(N)=O)COc2c1cc(C(O)(CNC(=O)c1cnc(C3CC3)s1)C(F)(F)F)nc2-c1ccc(F)cc1. The molecule has 38 heavy (non-hydrogen) atoms. The van der Waals surface area contributed by atoms with Crippen LogP contribution in [0.4, 0.5) is 17.6 Å². The van der Waals surface area contributed by atoms with Crippen molar-refractivity contribution in [2.45, 2.75) is 42.9 Å². The monoisotopic (exact) mass is 550 g/mol. The summed E-state index contributed by atoms with van der Waals surface area (Å²) in [6.07, 6.45) is -2.12. The smallest absolute Gasteiger partial charge is 0.424 e. The number of primary amides is 1. The molecule has 8 nitrogen and oxygen atoms in total. The van der Waals surface area contributed by atoms with Gasteiger partial charge in [-0.2, -0.15) is 13.2 Å². The van der Waals surface area contributed by atoms with Gasteiger partial charge < -0.3 is 20.9 Å². The van der Waals surface area contributed by atoms with Crippen LogP contribution in [0.2, 0.25) is 0 Å². The summed E-state index contributed by atoms with van der Waals surface area (Å²) in [5, 5.41) is 13.9. The summed E-state index contributed by atoms with van der Waals surface area (Å²) in [6, 6.07) is 5.64. The van der Waals surface area contributed by atoms with Crippen LogP contribution in [-0.2, 0) is 15.8 Å². The Labute approximate surface area is 217 Å². The van der Waals surface area contributed by atoms with Crippen LogP contribution < -0.4 is 15.8 Å². The van der Waals surface area contributed by atoms with Crippen molar-refractivity contribution in [3.63, 3.8) is 0 Å². The fraction of sp³-hybridized carbons (Fsp3) is 0.360. The number of benzene rings is 1. The molecule has 1 fully saturated rings. The van der Waals surface area contributed by atoms with Gasteiger partial charge in [0.05, 0.1) is 23.4 Å². The summed E-state index contributed by atoms with van der Waals surface area (Å²) in [6.45, 7) is -0.142. The van der Waals surface area contributed by atoms with Crippen LogP contribution in [-0.4, -0.2) is 46.2 Å². The zero-order valence-corrected chi connectivity index (χ0v) is 20.8. The normalized spacial score (nSPS) is 20.4. The van der Waals surface area contributed by atoms with Crippen molar-refractivity contribution in [2.75, 3.05) is 13.2 Å². The molecule has 5 rings (SSSR count). The van der Waals surface area contributed by atoms with Crippen LogP contribution in [0.5, 0.6) is 5.75 Å². The van der Waals surface area contributed by atoms with Gasteiger partial charge in [-0.1, -0.05) is 0 Å². The maximum atomic E-state index is 14.4. The second-order valence-corrected chi connectivity index (χ2v) is 10.7. The number of nitrogens with zero attached hydrogens (tertiary/aromatic N) is 2. The number of hydrogen-bond acceptors (Lipinski definition) is 7. The van der Waals surface area contributed by atoms with E-state index in [-0.39, 0.29) is 40.0 Å². The quantitative estimate of drug-likeness (QED) is 0.386. The molecule has 13 heteroatoms. The van der Waals surface area contributed by atoms with Gasteiger partial charge in [-0.3, -0.25) is 9.59 Å². The van der Waals surface area contributed by atoms with Gasteiger partial charge in [-0.05, 0) is 50.1 Å². The predicted octanol–water partition coefficient (Wildman–Crippen LogP) is 3.54. The first-order valence-electron chi connectivity index (χ1n) is 11.6. The van der Waals surface area contributed by atoms with Crippen molar-refractivity contribution in [2.24, 2.45) is 5.73 Å². The van der Waals surface area contributed by atoms with Crippen molar-refractivity contribution >= 4 is 23.2 Å². The summed E-state index contributed by atoms with van der Waals surface area (Å²) < 4.78 is 62.5. The van der Waals surface area contributed by atoms with Crippen molar-refractivity contribution in [3.05, 3.63) is 63.5 Å². The molecule has 3 aromatic rings. The van der Waals surface area contributed by atoms with Gasteiger partial charge >= 0.3 is 6.18 Å². The standard InChI is InChI=1S/C25H22F4N4O4S/c1-23(22(30)35)11-37-19-15(23)8-17(33-18(19)12-4-6-14(26)7-5-12)24(36,25(27,28)29)10-32-20(34)16-9-31-21(38-16)13-2-3-13/h4-9,13,36H,2-3,10-11H2,1H3,(H2,30,35)(H,32,34)/t23-,24?/m0/s1. The van der Waals surface area contributed by atoms with E-state index in [4.69, 9.17) is 10.5 Å². The Morgan fingerprint density at radius 3 is 2.55 bits per heavy atom. The average Bonchev–Trinajstić information content (AvgIpc) is 3.49. The number of alkyl halides is 3. The summed E-state index contributed by atoms with van der Waals surface area (Å²) in [7, 11) is 0. The average molecular weight is 551 g/mol. The Morgan fingerprint density at radius 2 is 1.95 bits per heavy atom. The first-order chi connectivity index (χ1) is 17.8. The van der Waals surface area contributed by atoms with Gasteiger partial charge in [0, 0.05) is 17.0 Å². The van der Waals surface area contributed by atoms with E-state index in [0.717, 1.165) is 47.4 Å². The van der Waals surface area contributed by atoms with Crippen molar-refractivity contribution in [3.8, 4) is 17.0 Å². The van der Waals surface area contributed by atoms with Crippen LogP contribution >= 0.6 is 11.3 Å². The topological polar surface area (TPSA) is 127 Å². The number of aromatic nitrogens is 2. The number of halogens is 4. The third-order valence-corrected chi connectivity index (χ3v) is 7.96. The molecule has 1 aromatic carbocycles. The van der Waals surface area contributed by atoms with Crippen molar-refractivity contribution in [1.82, 2.24) is 15.3 Å². The van der Waals surface area contributed by atoms with Crippen LogP contribution in [0, 0.1) is 5.82 Å². The number of rotatable bonds is 7. The summed E-state index contributed by atoms with van der Waals surface area (Å²) in [5.74, 6) is -2.03. The highest BCUT2D eigenvalue weighted by molar-refractivity contribution is 7.13. The molecule has 1 saturated carbocycles. The number of carbonyl (C=O) groups excluding carboxylic acids is 2. The van der Waals surface area contributed by atoms with E-state index in [1.54, 1.807) is 0 Å². The highest BCUT2D eigenvalue weighted by atomic mass is 32.1. The number of aliphatic hydroxyl groups is 1. The zero-order valence-electron chi connectivity index (χ0n) is 19.9. The number of nitrogens with two attached hydrogens (primary N) is 1. The van der Waals surface area contributed by atoms with E-state index < -0.39 is 47.1 Å². The first-order valence-corrected chi connectivity index (χ1v) is 12.4. The van der Waals surface area contributed by atoms with Crippen LogP contribution in [0.3, 0.4) is 0 Å². The third-order valence-electron chi connectivity index (χ3n) is 6.81. The fourth-order valence-corrected chi connectivity index (χ4v) is 5.15. The number of ether oxygens (including phenoxy) is 1. The molecule has 3 heterocycles. The minimum atomic E-state index is -5.29. The van der Waals surface area contributed by atoms with Gasteiger partial charge in [-0.15, -0.1) is 11.3 Å². The summed E-state index contributed by atoms with van der Waals surface area (Å²) in [5.41, 5.74) is -0.488. The van der Waals surface area contributed by atoms with Crippen LogP contribution in [0.15, 0.2) is 36.5 Å². The number of hydrogen-bond donors (Lipinski definition) is 3. The molecule has 2 atom stereocenters. The maximum absolute atomic E-state index is 14.4. The van der Waals surface area contributed by atoms with Crippen LogP contribution in [0.1, 0.15) is 51.6 Å². The lowest BCUT2D eigenvalue weighted by molar-refractivity contribution is -0.265. The fourth-order valence-electron chi connectivity index (χ4n) is 4.15. The third kappa shape index (κ3) is 4.39. The van der Waals surface area contributed by atoms with Gasteiger partial charge in [0.25, 0.3) is 5.91 Å². The molecular weight excluding hydrogens is 528 g/mol. The zero-order chi connectivity index (χ0) is 27.5. The molecular formula is C25H22F4N4O4S. The lowest BCUT2D eigenvalue weighted by Gasteiger charge is -2.31. The van der Waals surface area contributed by atoms with E-state index in [0.29, 0.717) is 0 Å². The van der Waals surface area contributed by atoms with Gasteiger partial charge in [0.2, 0.25) is 11.5 Å². The highest BCUT2D eigenvalue weighted by Crippen LogP contribution is 2.48. The van der Waals surface area contributed by atoms with Crippen molar-refractivity contribution in [1.29, 1.82) is 0 Å². The number of carbonyl (C=O) groups is 2. The molecule has 1 aliphatic heterocycles. The molecule has 2 aliphatic rings. The molecule has 1 unspecified atom stereocenters. The Morgan fingerprint density at radius 1 is 1.26 bits per heavy atom. The number of nitrogens with one attached hydrogen (secondary N) is 1. The van der Waals surface area contributed by atoms with E-state index >= 15 is 0 Å². The van der Waals surface area contributed by atoms with Gasteiger partial charge in [0.1, 0.15) is 34.2 Å². The molecule has 0 spiro atoms. The second kappa shape index (κ2) is 9.02. The summed E-state index contributed by atoms with van der Waals surface area (Å²) in [4.78, 5) is 33.3. The Bertz CT molecular complexity index is 1420. The minimum Gasteiger partial charge on any atom is -0.489 e.